The number of carbonyl (C=O) groups excluding carboxylic acids is 1. The summed E-state index contributed by atoms with van der Waals surface area (Å²) in [6, 6.07) is 15.0. The SMILES string of the molecule is COC(=O)Cc1cccc(CN2CCCC(Nc3ccc4[nH]ncc4c3)C2)c1. The van der Waals surface area contributed by atoms with Crippen LogP contribution in [0.3, 0.4) is 0 Å². The molecule has 1 aliphatic rings. The first-order chi connectivity index (χ1) is 13.7. The van der Waals surface area contributed by atoms with E-state index in [2.05, 4.69) is 50.7 Å². The van der Waals surface area contributed by atoms with Gasteiger partial charge in [-0.15, -0.1) is 0 Å². The minimum Gasteiger partial charge on any atom is -0.469 e. The molecule has 0 saturated carbocycles. The van der Waals surface area contributed by atoms with Crippen molar-refractivity contribution < 1.29 is 9.53 Å². The van der Waals surface area contributed by atoms with E-state index in [-0.39, 0.29) is 5.97 Å². The quantitative estimate of drug-likeness (QED) is 0.644. The number of rotatable bonds is 6. The van der Waals surface area contributed by atoms with Gasteiger partial charge >= 0.3 is 5.97 Å². The molecule has 0 radical (unpaired) electrons. The molecule has 2 heterocycles. The second-order valence-electron chi connectivity index (χ2n) is 7.46. The Kier molecular flexibility index (Phi) is 5.58. The van der Waals surface area contributed by atoms with E-state index in [1.54, 1.807) is 0 Å². The van der Waals surface area contributed by atoms with Gasteiger partial charge < -0.3 is 10.1 Å². The number of aromatic nitrogens is 2. The Morgan fingerprint density at radius 2 is 2.18 bits per heavy atom. The van der Waals surface area contributed by atoms with Gasteiger partial charge in [-0.25, -0.2) is 0 Å². The summed E-state index contributed by atoms with van der Waals surface area (Å²) in [6.07, 6.45) is 4.52. The van der Waals surface area contributed by atoms with Crippen LogP contribution in [0.1, 0.15) is 24.0 Å². The minimum absolute atomic E-state index is 0.200. The lowest BCUT2D eigenvalue weighted by Gasteiger charge is -2.33. The van der Waals surface area contributed by atoms with E-state index in [0.29, 0.717) is 12.5 Å². The predicted octanol–water partition coefficient (Wildman–Crippen LogP) is 3.35. The van der Waals surface area contributed by atoms with Gasteiger partial charge in [0, 0.05) is 30.2 Å². The number of nitrogens with one attached hydrogen (secondary N) is 2. The van der Waals surface area contributed by atoms with E-state index in [0.717, 1.165) is 41.8 Å². The second kappa shape index (κ2) is 8.44. The molecule has 0 aliphatic carbocycles. The Hall–Kier alpha value is -2.86. The Bertz CT molecular complexity index is 952. The van der Waals surface area contributed by atoms with Crippen LogP contribution in [0.15, 0.2) is 48.7 Å². The molecular formula is C22H26N4O2. The molecule has 1 atom stereocenters. The third kappa shape index (κ3) is 4.51. The number of aromatic amines is 1. The fraction of sp³-hybridized carbons (Fsp3) is 0.364. The normalized spacial score (nSPS) is 17.5. The molecule has 1 aliphatic heterocycles. The van der Waals surface area contributed by atoms with Crippen LogP contribution in [-0.4, -0.2) is 47.3 Å². The van der Waals surface area contributed by atoms with Crippen molar-refractivity contribution in [1.82, 2.24) is 15.1 Å². The maximum atomic E-state index is 11.5. The second-order valence-corrected chi connectivity index (χ2v) is 7.46. The first-order valence-corrected chi connectivity index (χ1v) is 9.76. The van der Waals surface area contributed by atoms with Gasteiger partial charge in [0.25, 0.3) is 0 Å². The molecule has 4 rings (SSSR count). The van der Waals surface area contributed by atoms with Crippen LogP contribution >= 0.6 is 0 Å². The highest BCUT2D eigenvalue weighted by molar-refractivity contribution is 5.81. The van der Waals surface area contributed by atoms with E-state index >= 15 is 0 Å². The van der Waals surface area contributed by atoms with Gasteiger partial charge in [0.15, 0.2) is 0 Å². The number of H-pyrrole nitrogens is 1. The first kappa shape index (κ1) is 18.5. The lowest BCUT2D eigenvalue weighted by atomic mass is 10.0. The van der Waals surface area contributed by atoms with Gasteiger partial charge in [-0.1, -0.05) is 24.3 Å². The number of hydrogen-bond donors (Lipinski definition) is 2. The summed E-state index contributed by atoms with van der Waals surface area (Å²) in [5.41, 5.74) is 4.44. The highest BCUT2D eigenvalue weighted by Crippen LogP contribution is 2.21. The Morgan fingerprint density at radius 1 is 1.29 bits per heavy atom. The highest BCUT2D eigenvalue weighted by Gasteiger charge is 2.20. The number of hydrogen-bond acceptors (Lipinski definition) is 5. The maximum Gasteiger partial charge on any atom is 0.309 e. The molecule has 6 heteroatoms. The number of benzene rings is 2. The fourth-order valence-electron chi connectivity index (χ4n) is 3.92. The largest absolute Gasteiger partial charge is 0.469 e. The van der Waals surface area contributed by atoms with Crippen LogP contribution in [0.5, 0.6) is 0 Å². The summed E-state index contributed by atoms with van der Waals surface area (Å²) >= 11 is 0. The molecule has 3 aromatic rings. The molecule has 1 fully saturated rings. The lowest BCUT2D eigenvalue weighted by molar-refractivity contribution is -0.139. The lowest BCUT2D eigenvalue weighted by Crippen LogP contribution is -2.41. The average Bonchev–Trinajstić information content (AvgIpc) is 3.16. The van der Waals surface area contributed by atoms with Crippen molar-refractivity contribution in [3.63, 3.8) is 0 Å². The average molecular weight is 378 g/mol. The van der Waals surface area contributed by atoms with Crippen LogP contribution in [0.4, 0.5) is 5.69 Å². The van der Waals surface area contributed by atoms with Crippen molar-refractivity contribution in [1.29, 1.82) is 0 Å². The van der Waals surface area contributed by atoms with Crippen molar-refractivity contribution in [2.75, 3.05) is 25.5 Å². The molecule has 6 nitrogen and oxygen atoms in total. The van der Waals surface area contributed by atoms with Crippen molar-refractivity contribution in [3.8, 4) is 0 Å². The van der Waals surface area contributed by atoms with Crippen molar-refractivity contribution in [2.45, 2.75) is 31.8 Å². The van der Waals surface area contributed by atoms with Crippen LogP contribution in [0.2, 0.25) is 0 Å². The Balaban J connectivity index is 1.37. The third-order valence-electron chi connectivity index (χ3n) is 5.29. The molecule has 0 amide bonds. The van der Waals surface area contributed by atoms with Crippen LogP contribution in [-0.2, 0) is 22.5 Å². The molecule has 1 saturated heterocycles. The number of piperidine rings is 1. The van der Waals surface area contributed by atoms with E-state index in [9.17, 15) is 4.79 Å². The van der Waals surface area contributed by atoms with Gasteiger partial charge in [-0.05, 0) is 48.7 Å². The zero-order chi connectivity index (χ0) is 19.3. The highest BCUT2D eigenvalue weighted by atomic mass is 16.5. The minimum atomic E-state index is -0.200. The summed E-state index contributed by atoms with van der Waals surface area (Å²) in [5.74, 6) is -0.200. The molecule has 1 unspecified atom stereocenters. The molecule has 0 spiro atoms. The number of ether oxygens (including phenoxy) is 1. The summed E-state index contributed by atoms with van der Waals surface area (Å²) in [6.45, 7) is 3.00. The number of nitrogens with zero attached hydrogens (tertiary/aromatic N) is 2. The van der Waals surface area contributed by atoms with Crippen LogP contribution in [0.25, 0.3) is 10.9 Å². The monoisotopic (exact) mass is 378 g/mol. The Morgan fingerprint density at radius 3 is 3.07 bits per heavy atom. The third-order valence-corrected chi connectivity index (χ3v) is 5.29. The molecule has 2 N–H and O–H groups in total. The number of fused-ring (bicyclic) bond motifs is 1. The molecular weight excluding hydrogens is 352 g/mol. The van der Waals surface area contributed by atoms with Gasteiger partial charge in [-0.2, -0.15) is 5.10 Å². The molecule has 1 aromatic heterocycles. The zero-order valence-electron chi connectivity index (χ0n) is 16.1. The van der Waals surface area contributed by atoms with E-state index < -0.39 is 0 Å². The van der Waals surface area contributed by atoms with Crippen molar-refractivity contribution in [3.05, 3.63) is 59.8 Å². The maximum absolute atomic E-state index is 11.5. The first-order valence-electron chi connectivity index (χ1n) is 9.76. The number of carbonyl (C=O) groups is 1. The van der Waals surface area contributed by atoms with E-state index in [1.165, 1.54) is 25.5 Å². The number of anilines is 1. The molecule has 146 valence electrons. The van der Waals surface area contributed by atoms with Gasteiger partial charge in [0.2, 0.25) is 0 Å². The zero-order valence-corrected chi connectivity index (χ0v) is 16.1. The molecule has 2 aromatic carbocycles. The van der Waals surface area contributed by atoms with Gasteiger partial charge in [-0.3, -0.25) is 14.8 Å². The Labute approximate surface area is 164 Å². The number of esters is 1. The summed E-state index contributed by atoms with van der Waals surface area (Å²) in [4.78, 5) is 14.0. The van der Waals surface area contributed by atoms with Crippen molar-refractivity contribution >= 4 is 22.6 Å². The van der Waals surface area contributed by atoms with Crippen LogP contribution < -0.4 is 5.32 Å². The molecule has 0 bridgehead atoms. The predicted molar refractivity (Wildman–Crippen MR) is 110 cm³/mol. The van der Waals surface area contributed by atoms with Crippen LogP contribution in [0, 0.1) is 0 Å². The standard InChI is InChI=1S/C22H26N4O2/c1-28-22(27)11-16-4-2-5-17(10-16)14-26-9-3-6-20(15-26)24-19-7-8-21-18(12-19)13-23-25-21/h2,4-5,7-8,10,12-13,20,24H,3,6,9,11,14-15H2,1H3,(H,23,25). The van der Waals surface area contributed by atoms with Crippen molar-refractivity contribution in [2.24, 2.45) is 0 Å². The fourth-order valence-corrected chi connectivity index (χ4v) is 3.92. The number of likely N-dealkylation sites (tertiary alicyclic amines) is 1. The smallest absolute Gasteiger partial charge is 0.309 e. The van der Waals surface area contributed by atoms with E-state index in [4.69, 9.17) is 4.74 Å². The van der Waals surface area contributed by atoms with Gasteiger partial charge in [0.1, 0.15) is 0 Å². The molecule has 28 heavy (non-hydrogen) atoms. The topological polar surface area (TPSA) is 70.2 Å². The summed E-state index contributed by atoms with van der Waals surface area (Å²) in [7, 11) is 1.43. The van der Waals surface area contributed by atoms with Gasteiger partial charge in [0.05, 0.1) is 25.2 Å². The van der Waals surface area contributed by atoms with E-state index in [1.807, 2.05) is 18.3 Å². The summed E-state index contributed by atoms with van der Waals surface area (Å²) in [5, 5.41) is 11.9. The number of methoxy groups -OCH3 is 1. The summed E-state index contributed by atoms with van der Waals surface area (Å²) < 4.78 is 4.77.